The van der Waals surface area contributed by atoms with Crippen molar-refractivity contribution in [3.8, 4) is 0 Å². The summed E-state index contributed by atoms with van der Waals surface area (Å²) in [6.07, 6.45) is 0. The lowest BCUT2D eigenvalue weighted by Gasteiger charge is -2.10. The summed E-state index contributed by atoms with van der Waals surface area (Å²) in [5, 5.41) is 3.47. The molecule has 0 aliphatic heterocycles. The van der Waals surface area contributed by atoms with Crippen molar-refractivity contribution in [2.45, 2.75) is 6.04 Å². The number of anilines is 1. The van der Waals surface area contributed by atoms with Gasteiger partial charge in [0.05, 0.1) is 16.8 Å². The van der Waals surface area contributed by atoms with E-state index < -0.39 is 6.04 Å². The van der Waals surface area contributed by atoms with Crippen molar-refractivity contribution in [2.24, 2.45) is 5.73 Å². The Morgan fingerprint density at radius 2 is 2.20 bits per heavy atom. The van der Waals surface area contributed by atoms with Gasteiger partial charge in [-0.25, -0.2) is 0 Å². The third kappa shape index (κ3) is 3.57. The third-order valence-corrected chi connectivity index (χ3v) is 2.66. The lowest BCUT2D eigenvalue weighted by molar-refractivity contribution is -0.116. The molecule has 0 saturated carbocycles. The van der Waals surface area contributed by atoms with Crippen LogP contribution in [0.3, 0.4) is 0 Å². The molecule has 3 nitrogen and oxygen atoms in total. The van der Waals surface area contributed by atoms with Gasteiger partial charge in [-0.1, -0.05) is 23.2 Å². The van der Waals surface area contributed by atoms with Crippen LogP contribution in [-0.2, 0) is 4.79 Å². The number of rotatable bonds is 3. The van der Waals surface area contributed by atoms with Crippen LogP contribution < -0.4 is 11.1 Å². The van der Waals surface area contributed by atoms with Gasteiger partial charge >= 0.3 is 0 Å². The van der Waals surface area contributed by atoms with Crippen LogP contribution in [0, 0.1) is 0 Å². The summed E-state index contributed by atoms with van der Waals surface area (Å²) < 4.78 is 0. The van der Waals surface area contributed by atoms with Gasteiger partial charge < -0.3 is 11.1 Å². The summed E-state index contributed by atoms with van der Waals surface area (Å²) in [5.41, 5.74) is 5.98. The predicted octanol–water partition coefficient (Wildman–Crippen LogP) is 2.19. The summed E-state index contributed by atoms with van der Waals surface area (Å²) in [5.74, 6) is -0.0500. The van der Waals surface area contributed by atoms with Gasteiger partial charge in [-0.05, 0) is 18.2 Å². The lowest BCUT2D eigenvalue weighted by Crippen LogP contribution is -2.37. The number of carbonyl (C=O) groups is 1. The molecule has 15 heavy (non-hydrogen) atoms. The zero-order chi connectivity index (χ0) is 11.4. The number of hydrogen-bond acceptors (Lipinski definition) is 3. The van der Waals surface area contributed by atoms with E-state index in [2.05, 4.69) is 17.9 Å². The molecule has 1 amide bonds. The first kappa shape index (κ1) is 12.6. The fraction of sp³-hybridized carbons (Fsp3) is 0.222. The second-order valence-corrected chi connectivity index (χ2v) is 4.11. The van der Waals surface area contributed by atoms with Crippen LogP contribution in [0.15, 0.2) is 18.2 Å². The minimum absolute atomic E-state index is 0.275. The van der Waals surface area contributed by atoms with E-state index >= 15 is 0 Å². The molecular formula is C9H10Cl2N2OS. The van der Waals surface area contributed by atoms with Crippen LogP contribution in [0.5, 0.6) is 0 Å². The molecule has 0 aliphatic carbocycles. The molecular weight excluding hydrogens is 255 g/mol. The molecule has 0 fully saturated rings. The second-order valence-electron chi connectivity index (χ2n) is 2.90. The van der Waals surface area contributed by atoms with Gasteiger partial charge in [0.25, 0.3) is 0 Å². The highest BCUT2D eigenvalue weighted by molar-refractivity contribution is 7.80. The summed E-state index contributed by atoms with van der Waals surface area (Å²) in [7, 11) is 0. The molecule has 0 aliphatic rings. The largest absolute Gasteiger partial charge is 0.323 e. The van der Waals surface area contributed by atoms with Crippen molar-refractivity contribution in [1.82, 2.24) is 0 Å². The highest BCUT2D eigenvalue weighted by atomic mass is 35.5. The number of thiol groups is 1. The molecule has 6 heteroatoms. The van der Waals surface area contributed by atoms with E-state index in [0.717, 1.165) is 0 Å². The van der Waals surface area contributed by atoms with Crippen LogP contribution in [0.2, 0.25) is 10.0 Å². The number of amides is 1. The molecule has 1 aromatic carbocycles. The first-order valence-electron chi connectivity index (χ1n) is 4.17. The third-order valence-electron chi connectivity index (χ3n) is 1.72. The molecule has 1 aromatic rings. The van der Waals surface area contributed by atoms with Crippen LogP contribution in [0.4, 0.5) is 5.69 Å². The monoisotopic (exact) mass is 264 g/mol. The highest BCUT2D eigenvalue weighted by Gasteiger charge is 2.12. The number of hydrogen-bond donors (Lipinski definition) is 3. The fourth-order valence-corrected chi connectivity index (χ4v) is 1.52. The Balaban J connectivity index is 2.77. The minimum Gasteiger partial charge on any atom is -0.323 e. The Hall–Kier alpha value is -0.420. The van der Waals surface area contributed by atoms with Crippen LogP contribution in [-0.4, -0.2) is 17.7 Å². The maximum Gasteiger partial charge on any atom is 0.242 e. The zero-order valence-electron chi connectivity index (χ0n) is 7.71. The first-order valence-corrected chi connectivity index (χ1v) is 5.55. The van der Waals surface area contributed by atoms with Crippen molar-refractivity contribution in [3.05, 3.63) is 28.2 Å². The van der Waals surface area contributed by atoms with Gasteiger partial charge in [-0.3, -0.25) is 4.79 Å². The maximum atomic E-state index is 11.4. The van der Waals surface area contributed by atoms with Crippen LogP contribution in [0.25, 0.3) is 0 Å². The average Bonchev–Trinajstić information content (AvgIpc) is 2.20. The molecule has 0 heterocycles. The van der Waals surface area contributed by atoms with Crippen molar-refractivity contribution >= 4 is 47.4 Å². The van der Waals surface area contributed by atoms with Crippen LogP contribution in [0.1, 0.15) is 0 Å². The quantitative estimate of drug-likeness (QED) is 0.734. The Morgan fingerprint density at radius 1 is 1.53 bits per heavy atom. The molecule has 0 saturated heterocycles. The number of halogens is 2. The average molecular weight is 265 g/mol. The molecule has 3 N–H and O–H groups in total. The number of nitrogens with one attached hydrogen (secondary N) is 1. The fourth-order valence-electron chi connectivity index (χ4n) is 0.899. The number of nitrogens with two attached hydrogens (primary N) is 1. The van der Waals surface area contributed by atoms with E-state index in [1.54, 1.807) is 18.2 Å². The molecule has 82 valence electrons. The maximum absolute atomic E-state index is 11.4. The van der Waals surface area contributed by atoms with Crippen molar-refractivity contribution < 1.29 is 4.79 Å². The van der Waals surface area contributed by atoms with Crippen molar-refractivity contribution in [2.75, 3.05) is 11.1 Å². The summed E-state index contributed by atoms with van der Waals surface area (Å²) in [4.78, 5) is 11.4. The highest BCUT2D eigenvalue weighted by Crippen LogP contribution is 2.25. The Kier molecular flexibility index (Phi) is 4.73. The molecule has 0 bridgehead atoms. The van der Waals surface area contributed by atoms with E-state index in [4.69, 9.17) is 28.9 Å². The van der Waals surface area contributed by atoms with Crippen molar-refractivity contribution in [1.29, 1.82) is 0 Å². The molecule has 0 radical (unpaired) electrons. The van der Waals surface area contributed by atoms with Gasteiger partial charge in [0.2, 0.25) is 5.91 Å². The summed E-state index contributed by atoms with van der Waals surface area (Å²) >= 11 is 15.5. The topological polar surface area (TPSA) is 55.1 Å². The predicted molar refractivity (Wildman–Crippen MR) is 66.9 cm³/mol. The molecule has 0 spiro atoms. The Bertz CT molecular complexity index is 373. The van der Waals surface area contributed by atoms with E-state index in [9.17, 15) is 4.79 Å². The van der Waals surface area contributed by atoms with Crippen molar-refractivity contribution in [3.63, 3.8) is 0 Å². The zero-order valence-corrected chi connectivity index (χ0v) is 10.1. The lowest BCUT2D eigenvalue weighted by atomic mass is 10.3. The summed E-state index contributed by atoms with van der Waals surface area (Å²) in [6, 6.07) is 4.15. The molecule has 1 atom stereocenters. The van der Waals surface area contributed by atoms with E-state index in [1.807, 2.05) is 0 Å². The second kappa shape index (κ2) is 5.61. The van der Waals surface area contributed by atoms with E-state index in [0.29, 0.717) is 15.7 Å². The SMILES string of the molecule is NC(CS)C(=O)Nc1ccc(Cl)cc1Cl. The van der Waals surface area contributed by atoms with E-state index in [-0.39, 0.29) is 11.7 Å². The van der Waals surface area contributed by atoms with Gasteiger partial charge in [-0.15, -0.1) is 0 Å². The number of benzene rings is 1. The van der Waals surface area contributed by atoms with Gasteiger partial charge in [0.15, 0.2) is 0 Å². The first-order chi connectivity index (χ1) is 7.04. The summed E-state index contributed by atoms with van der Waals surface area (Å²) in [6.45, 7) is 0. The van der Waals surface area contributed by atoms with Gasteiger partial charge in [0.1, 0.15) is 0 Å². The van der Waals surface area contributed by atoms with Gasteiger partial charge in [0, 0.05) is 10.8 Å². The minimum atomic E-state index is -0.653. The molecule has 0 aromatic heterocycles. The standard InChI is InChI=1S/C9H10Cl2N2OS/c10-5-1-2-8(6(11)3-5)13-9(14)7(12)4-15/h1-3,7,15H,4,12H2,(H,13,14). The molecule has 1 unspecified atom stereocenters. The Labute approximate surface area is 103 Å². The molecule has 1 rings (SSSR count). The smallest absolute Gasteiger partial charge is 0.242 e. The normalized spacial score (nSPS) is 12.3. The number of carbonyl (C=O) groups excluding carboxylic acids is 1. The Morgan fingerprint density at radius 3 is 2.73 bits per heavy atom. The van der Waals surface area contributed by atoms with E-state index in [1.165, 1.54) is 0 Å². The van der Waals surface area contributed by atoms with Crippen LogP contribution >= 0.6 is 35.8 Å². The van der Waals surface area contributed by atoms with Gasteiger partial charge in [-0.2, -0.15) is 12.6 Å².